The molecule has 30 heavy (non-hydrogen) atoms. The molecule has 7 heteroatoms. The second-order valence-electron chi connectivity index (χ2n) is 6.96. The van der Waals surface area contributed by atoms with Crippen LogP contribution < -0.4 is 14.4 Å². The Morgan fingerprint density at radius 3 is 2.33 bits per heavy atom. The number of aromatic nitrogens is 2. The molecular formula is C23H24N4O3. The summed E-state index contributed by atoms with van der Waals surface area (Å²) < 4.78 is 11.2. The van der Waals surface area contributed by atoms with E-state index in [1.54, 1.807) is 23.5 Å². The molecule has 1 fully saturated rings. The number of rotatable bonds is 6. The molecule has 0 spiro atoms. The summed E-state index contributed by atoms with van der Waals surface area (Å²) in [6, 6.07) is 17.1. The summed E-state index contributed by atoms with van der Waals surface area (Å²) in [5.74, 6) is 2.29. The van der Waals surface area contributed by atoms with E-state index in [1.165, 1.54) is 0 Å². The van der Waals surface area contributed by atoms with Crippen molar-refractivity contribution in [1.29, 1.82) is 0 Å². The van der Waals surface area contributed by atoms with Gasteiger partial charge in [-0.3, -0.25) is 4.98 Å². The molecule has 1 aromatic carbocycles. The van der Waals surface area contributed by atoms with Crippen molar-refractivity contribution in [1.82, 2.24) is 14.9 Å². The van der Waals surface area contributed by atoms with E-state index in [9.17, 15) is 4.79 Å². The van der Waals surface area contributed by atoms with Gasteiger partial charge in [0.15, 0.2) is 0 Å². The summed E-state index contributed by atoms with van der Waals surface area (Å²) in [6.07, 6.45) is 5.65. The number of carbonyl (C=O) groups is 1. The highest BCUT2D eigenvalue weighted by Crippen LogP contribution is 2.17. The van der Waals surface area contributed by atoms with Crippen molar-refractivity contribution < 1.29 is 14.3 Å². The lowest BCUT2D eigenvalue weighted by atomic mass is 10.1. The Morgan fingerprint density at radius 1 is 0.867 bits per heavy atom. The average molecular weight is 404 g/mol. The predicted octanol–water partition coefficient (Wildman–Crippen LogP) is 3.42. The topological polar surface area (TPSA) is 67.8 Å². The number of carbonyl (C=O) groups excluding carboxylic acids is 1. The van der Waals surface area contributed by atoms with Gasteiger partial charge in [-0.1, -0.05) is 18.2 Å². The van der Waals surface area contributed by atoms with Gasteiger partial charge in [-0.25, -0.2) is 9.78 Å². The molecule has 0 unspecified atom stereocenters. The van der Waals surface area contributed by atoms with Gasteiger partial charge in [0, 0.05) is 51.2 Å². The van der Waals surface area contributed by atoms with Crippen LogP contribution in [0.3, 0.4) is 0 Å². The number of amides is 1. The molecule has 7 nitrogen and oxygen atoms in total. The second kappa shape index (κ2) is 9.73. The fourth-order valence-corrected chi connectivity index (χ4v) is 3.27. The maximum absolute atomic E-state index is 12.5. The molecule has 3 heterocycles. The van der Waals surface area contributed by atoms with E-state index in [-0.39, 0.29) is 6.09 Å². The number of piperazine rings is 1. The number of ether oxygens (including phenoxy) is 2. The van der Waals surface area contributed by atoms with E-state index >= 15 is 0 Å². The van der Waals surface area contributed by atoms with E-state index < -0.39 is 0 Å². The van der Waals surface area contributed by atoms with Crippen molar-refractivity contribution in [2.45, 2.75) is 6.42 Å². The zero-order valence-electron chi connectivity index (χ0n) is 16.7. The first-order valence-corrected chi connectivity index (χ1v) is 10.0. The SMILES string of the molecule is O=C(Oc1ccc(CCOc2ccncc2)cc1)N1CCN(c2ccccn2)CC1. The van der Waals surface area contributed by atoms with Crippen LogP contribution >= 0.6 is 0 Å². The third kappa shape index (κ3) is 5.26. The first-order chi connectivity index (χ1) is 14.8. The normalized spacial score (nSPS) is 13.7. The number of nitrogens with zero attached hydrogens (tertiary/aromatic N) is 4. The van der Waals surface area contributed by atoms with Crippen LogP contribution in [-0.4, -0.2) is 53.7 Å². The molecule has 1 amide bonds. The standard InChI is InChI=1S/C23H24N4O3/c28-23(27-16-14-26(15-17-27)22-3-1-2-11-25-22)30-21-6-4-19(5-7-21)10-18-29-20-8-12-24-13-9-20/h1-9,11-13H,10,14-18H2. The summed E-state index contributed by atoms with van der Waals surface area (Å²) >= 11 is 0. The molecule has 0 atom stereocenters. The molecule has 0 bridgehead atoms. The van der Waals surface area contributed by atoms with E-state index in [0.29, 0.717) is 25.4 Å². The van der Waals surface area contributed by atoms with E-state index in [2.05, 4.69) is 14.9 Å². The molecular weight excluding hydrogens is 380 g/mol. The minimum absolute atomic E-state index is 0.315. The highest BCUT2D eigenvalue weighted by atomic mass is 16.6. The summed E-state index contributed by atoms with van der Waals surface area (Å²) in [6.45, 7) is 3.27. The summed E-state index contributed by atoms with van der Waals surface area (Å²) in [5.41, 5.74) is 1.12. The van der Waals surface area contributed by atoms with Gasteiger partial charge in [0.25, 0.3) is 0 Å². The first-order valence-electron chi connectivity index (χ1n) is 10.0. The van der Waals surface area contributed by atoms with Crippen LogP contribution in [-0.2, 0) is 6.42 Å². The van der Waals surface area contributed by atoms with Gasteiger partial charge in [0.05, 0.1) is 6.61 Å². The van der Waals surface area contributed by atoms with Crippen LogP contribution in [0.4, 0.5) is 10.6 Å². The van der Waals surface area contributed by atoms with Gasteiger partial charge >= 0.3 is 6.09 Å². The van der Waals surface area contributed by atoms with Crippen molar-refractivity contribution in [3.8, 4) is 11.5 Å². The molecule has 2 aromatic heterocycles. The Bertz CT molecular complexity index is 928. The maximum atomic E-state index is 12.5. The Labute approximate surface area is 175 Å². The summed E-state index contributed by atoms with van der Waals surface area (Å²) in [5, 5.41) is 0. The molecule has 0 saturated carbocycles. The van der Waals surface area contributed by atoms with Crippen LogP contribution in [0.25, 0.3) is 0 Å². The molecule has 0 aliphatic carbocycles. The predicted molar refractivity (Wildman–Crippen MR) is 114 cm³/mol. The van der Waals surface area contributed by atoms with Crippen molar-refractivity contribution in [3.05, 3.63) is 78.8 Å². The van der Waals surface area contributed by atoms with E-state index in [4.69, 9.17) is 9.47 Å². The molecule has 3 aromatic rings. The van der Waals surface area contributed by atoms with Crippen LogP contribution in [0.15, 0.2) is 73.2 Å². The fourth-order valence-electron chi connectivity index (χ4n) is 3.27. The van der Waals surface area contributed by atoms with Crippen LogP contribution in [0.5, 0.6) is 11.5 Å². The van der Waals surface area contributed by atoms with Gasteiger partial charge in [-0.05, 0) is 42.0 Å². The zero-order valence-corrected chi connectivity index (χ0v) is 16.7. The Morgan fingerprint density at radius 2 is 1.63 bits per heavy atom. The fraction of sp³-hybridized carbons (Fsp3) is 0.261. The Hall–Kier alpha value is -3.61. The van der Waals surface area contributed by atoms with E-state index in [0.717, 1.165) is 36.6 Å². The number of anilines is 1. The molecule has 0 N–H and O–H groups in total. The smallest absolute Gasteiger partial charge is 0.415 e. The average Bonchev–Trinajstić information content (AvgIpc) is 2.81. The van der Waals surface area contributed by atoms with Gasteiger partial charge in [0.1, 0.15) is 17.3 Å². The van der Waals surface area contributed by atoms with Crippen LogP contribution in [0.1, 0.15) is 5.56 Å². The quantitative estimate of drug-likeness (QED) is 0.627. The monoisotopic (exact) mass is 404 g/mol. The second-order valence-corrected chi connectivity index (χ2v) is 6.96. The van der Waals surface area contributed by atoms with Crippen molar-refractivity contribution >= 4 is 11.9 Å². The lowest BCUT2D eigenvalue weighted by Gasteiger charge is -2.34. The Kier molecular flexibility index (Phi) is 6.39. The lowest BCUT2D eigenvalue weighted by molar-refractivity contribution is 0.149. The minimum Gasteiger partial charge on any atom is -0.493 e. The van der Waals surface area contributed by atoms with Crippen molar-refractivity contribution in [2.75, 3.05) is 37.7 Å². The highest BCUT2D eigenvalue weighted by Gasteiger charge is 2.23. The molecule has 1 aliphatic rings. The van der Waals surface area contributed by atoms with E-state index in [1.807, 2.05) is 54.6 Å². The number of pyridine rings is 2. The van der Waals surface area contributed by atoms with Crippen LogP contribution in [0.2, 0.25) is 0 Å². The first kappa shape index (κ1) is 19.7. The highest BCUT2D eigenvalue weighted by molar-refractivity contribution is 5.71. The summed E-state index contributed by atoms with van der Waals surface area (Å²) in [7, 11) is 0. The lowest BCUT2D eigenvalue weighted by Crippen LogP contribution is -2.49. The molecule has 0 radical (unpaired) electrons. The number of hydrogen-bond donors (Lipinski definition) is 0. The molecule has 1 aliphatic heterocycles. The third-order valence-electron chi connectivity index (χ3n) is 4.95. The summed E-state index contributed by atoms with van der Waals surface area (Å²) in [4.78, 5) is 24.7. The van der Waals surface area contributed by atoms with Crippen LogP contribution in [0, 0.1) is 0 Å². The van der Waals surface area contributed by atoms with Crippen molar-refractivity contribution in [3.63, 3.8) is 0 Å². The maximum Gasteiger partial charge on any atom is 0.415 e. The minimum atomic E-state index is -0.315. The number of hydrogen-bond acceptors (Lipinski definition) is 6. The largest absolute Gasteiger partial charge is 0.493 e. The Balaban J connectivity index is 1.22. The van der Waals surface area contributed by atoms with Gasteiger partial charge in [0.2, 0.25) is 0 Å². The third-order valence-corrected chi connectivity index (χ3v) is 4.95. The zero-order chi connectivity index (χ0) is 20.6. The number of benzene rings is 1. The van der Waals surface area contributed by atoms with Gasteiger partial charge < -0.3 is 19.3 Å². The molecule has 1 saturated heterocycles. The van der Waals surface area contributed by atoms with Crippen molar-refractivity contribution in [2.24, 2.45) is 0 Å². The molecule has 4 rings (SSSR count). The molecule has 154 valence electrons. The van der Waals surface area contributed by atoms with Gasteiger partial charge in [-0.2, -0.15) is 0 Å². The van der Waals surface area contributed by atoms with Gasteiger partial charge in [-0.15, -0.1) is 0 Å².